The number of amides is 1. The molecule has 0 spiro atoms. The van der Waals surface area contributed by atoms with Crippen molar-refractivity contribution in [1.29, 1.82) is 0 Å². The van der Waals surface area contributed by atoms with Crippen LogP contribution in [-0.2, 0) is 9.59 Å². The number of hydrogen-bond donors (Lipinski definition) is 2. The van der Waals surface area contributed by atoms with E-state index < -0.39 is 11.8 Å². The molecule has 0 saturated heterocycles. The zero-order valence-electron chi connectivity index (χ0n) is 9.80. The van der Waals surface area contributed by atoms with Gasteiger partial charge in [-0.2, -0.15) is 0 Å². The number of benzene rings is 1. The lowest BCUT2D eigenvalue weighted by Crippen LogP contribution is -2.13. The number of carbonyl (C=O) groups is 2. The molecule has 18 heavy (non-hydrogen) atoms. The van der Waals surface area contributed by atoms with Crippen molar-refractivity contribution in [2.45, 2.75) is 26.2 Å². The molecule has 0 saturated carbocycles. The summed E-state index contributed by atoms with van der Waals surface area (Å²) in [5.74, 6) is -1.60. The van der Waals surface area contributed by atoms with E-state index in [0.717, 1.165) is 0 Å². The molecular weight excluding hydrogens is 305 g/mol. The van der Waals surface area contributed by atoms with Gasteiger partial charge in [-0.3, -0.25) is 9.59 Å². The number of carboxylic acid groups (broad SMARTS) is 1. The van der Waals surface area contributed by atoms with Crippen molar-refractivity contribution in [3.8, 4) is 0 Å². The molecule has 0 unspecified atom stereocenters. The van der Waals surface area contributed by atoms with E-state index in [-0.39, 0.29) is 29.6 Å². The first-order chi connectivity index (χ1) is 8.40. The Hall–Kier alpha value is -1.43. The highest BCUT2D eigenvalue weighted by Gasteiger charge is 2.09. The summed E-state index contributed by atoms with van der Waals surface area (Å²) in [6, 6.07) is 2.80. The van der Waals surface area contributed by atoms with Gasteiger partial charge in [0.15, 0.2) is 0 Å². The number of aliphatic carboxylic acids is 1. The quantitative estimate of drug-likeness (QED) is 0.877. The van der Waals surface area contributed by atoms with E-state index in [4.69, 9.17) is 5.11 Å². The first-order valence-corrected chi connectivity index (χ1v) is 6.16. The Morgan fingerprint density at radius 1 is 1.39 bits per heavy atom. The number of carboxylic acids is 1. The smallest absolute Gasteiger partial charge is 0.303 e. The topological polar surface area (TPSA) is 66.4 Å². The van der Waals surface area contributed by atoms with E-state index in [1.807, 2.05) is 0 Å². The molecule has 0 bridgehead atoms. The third-order valence-electron chi connectivity index (χ3n) is 2.34. The summed E-state index contributed by atoms with van der Waals surface area (Å²) in [5, 5.41) is 11.1. The first-order valence-electron chi connectivity index (χ1n) is 5.37. The predicted molar refractivity (Wildman–Crippen MR) is 69.0 cm³/mol. The van der Waals surface area contributed by atoms with Crippen molar-refractivity contribution in [3.05, 3.63) is 28.0 Å². The van der Waals surface area contributed by atoms with Crippen LogP contribution >= 0.6 is 15.9 Å². The molecule has 98 valence electrons. The van der Waals surface area contributed by atoms with Crippen LogP contribution in [0.25, 0.3) is 0 Å². The van der Waals surface area contributed by atoms with E-state index in [1.165, 1.54) is 12.1 Å². The third-order valence-corrected chi connectivity index (χ3v) is 2.94. The molecule has 0 aliphatic carbocycles. The van der Waals surface area contributed by atoms with Crippen LogP contribution in [0.3, 0.4) is 0 Å². The molecule has 1 aromatic rings. The monoisotopic (exact) mass is 317 g/mol. The number of rotatable bonds is 5. The molecule has 0 aromatic heterocycles. The summed E-state index contributed by atoms with van der Waals surface area (Å²) in [6.07, 6.45) is 0.364. The number of nitrogens with one attached hydrogen (secondary N) is 1. The highest BCUT2D eigenvalue weighted by molar-refractivity contribution is 9.10. The van der Waals surface area contributed by atoms with Crippen LogP contribution < -0.4 is 5.32 Å². The van der Waals surface area contributed by atoms with Crippen molar-refractivity contribution in [3.63, 3.8) is 0 Å². The zero-order chi connectivity index (χ0) is 13.7. The Balaban J connectivity index is 2.59. The summed E-state index contributed by atoms with van der Waals surface area (Å²) >= 11 is 3.04. The summed E-state index contributed by atoms with van der Waals surface area (Å²) in [6.45, 7) is 1.68. The fraction of sp³-hybridized carbons (Fsp3) is 0.333. The van der Waals surface area contributed by atoms with Gasteiger partial charge in [0.25, 0.3) is 0 Å². The van der Waals surface area contributed by atoms with Crippen molar-refractivity contribution in [2.75, 3.05) is 5.32 Å². The van der Waals surface area contributed by atoms with E-state index in [9.17, 15) is 14.0 Å². The molecule has 4 nitrogen and oxygen atoms in total. The number of halogens is 2. The predicted octanol–water partition coefficient (Wildman–Crippen LogP) is 3.09. The third kappa shape index (κ3) is 4.44. The maximum atomic E-state index is 13.2. The second-order valence-corrected chi connectivity index (χ2v) is 4.73. The fourth-order valence-electron chi connectivity index (χ4n) is 1.39. The average Bonchev–Trinajstić information content (AvgIpc) is 2.25. The molecule has 0 aliphatic heterocycles. The number of hydrogen-bond acceptors (Lipinski definition) is 2. The average molecular weight is 318 g/mol. The summed E-state index contributed by atoms with van der Waals surface area (Å²) in [5.41, 5.74) is 1.13. The van der Waals surface area contributed by atoms with E-state index in [0.29, 0.717) is 11.3 Å². The van der Waals surface area contributed by atoms with Gasteiger partial charge in [0.1, 0.15) is 5.82 Å². The Bertz CT molecular complexity index is 477. The van der Waals surface area contributed by atoms with E-state index in [2.05, 4.69) is 21.2 Å². The Labute approximate surface area is 112 Å². The lowest BCUT2D eigenvalue weighted by Gasteiger charge is -2.09. The standard InChI is InChI=1S/C12H13BrFNO3/c1-7-5-9(14)8(13)6-10(7)15-11(16)3-2-4-12(17)18/h5-6H,2-4H2,1H3,(H,15,16)(H,17,18). The first kappa shape index (κ1) is 14.6. The Morgan fingerprint density at radius 2 is 2.06 bits per heavy atom. The van der Waals surface area contributed by atoms with Gasteiger partial charge in [-0.05, 0) is 47.0 Å². The molecule has 0 atom stereocenters. The Morgan fingerprint density at radius 3 is 2.67 bits per heavy atom. The lowest BCUT2D eigenvalue weighted by molar-refractivity contribution is -0.137. The maximum absolute atomic E-state index is 13.2. The van der Waals surface area contributed by atoms with Gasteiger partial charge < -0.3 is 10.4 Å². The minimum absolute atomic E-state index is 0.0421. The molecule has 6 heteroatoms. The van der Waals surface area contributed by atoms with E-state index in [1.54, 1.807) is 6.92 Å². The van der Waals surface area contributed by atoms with Gasteiger partial charge in [-0.1, -0.05) is 0 Å². The molecule has 2 N–H and O–H groups in total. The van der Waals surface area contributed by atoms with Gasteiger partial charge in [-0.15, -0.1) is 0 Å². The van der Waals surface area contributed by atoms with Crippen molar-refractivity contribution in [1.82, 2.24) is 0 Å². The highest BCUT2D eigenvalue weighted by atomic mass is 79.9. The second kappa shape index (κ2) is 6.49. The van der Waals surface area contributed by atoms with Crippen LogP contribution in [0, 0.1) is 12.7 Å². The van der Waals surface area contributed by atoms with Crippen molar-refractivity contribution in [2.24, 2.45) is 0 Å². The van der Waals surface area contributed by atoms with Gasteiger partial charge >= 0.3 is 5.97 Å². The van der Waals surface area contributed by atoms with Crippen molar-refractivity contribution < 1.29 is 19.1 Å². The van der Waals surface area contributed by atoms with Crippen LogP contribution in [0.4, 0.5) is 10.1 Å². The number of anilines is 1. The second-order valence-electron chi connectivity index (χ2n) is 3.88. The molecule has 0 radical (unpaired) electrons. The summed E-state index contributed by atoms with van der Waals surface area (Å²) < 4.78 is 13.4. The lowest BCUT2D eigenvalue weighted by atomic mass is 10.2. The molecule has 1 amide bonds. The molecular formula is C12H13BrFNO3. The van der Waals surface area contributed by atoms with Gasteiger partial charge in [0, 0.05) is 18.5 Å². The summed E-state index contributed by atoms with van der Waals surface area (Å²) in [7, 11) is 0. The molecule has 0 heterocycles. The number of carbonyl (C=O) groups excluding carboxylic acids is 1. The molecule has 1 rings (SSSR count). The van der Waals surface area contributed by atoms with Crippen LogP contribution in [0.5, 0.6) is 0 Å². The Kier molecular flexibility index (Phi) is 5.27. The van der Waals surface area contributed by atoms with Gasteiger partial charge in [0.05, 0.1) is 4.47 Å². The van der Waals surface area contributed by atoms with Gasteiger partial charge in [-0.25, -0.2) is 4.39 Å². The fourth-order valence-corrected chi connectivity index (χ4v) is 1.74. The van der Waals surface area contributed by atoms with Crippen LogP contribution in [0.15, 0.2) is 16.6 Å². The normalized spacial score (nSPS) is 10.2. The largest absolute Gasteiger partial charge is 0.481 e. The minimum Gasteiger partial charge on any atom is -0.481 e. The maximum Gasteiger partial charge on any atom is 0.303 e. The molecule has 0 aliphatic rings. The van der Waals surface area contributed by atoms with Crippen LogP contribution in [-0.4, -0.2) is 17.0 Å². The van der Waals surface area contributed by atoms with E-state index >= 15 is 0 Å². The SMILES string of the molecule is Cc1cc(F)c(Br)cc1NC(=O)CCCC(=O)O. The van der Waals surface area contributed by atoms with Crippen LogP contribution in [0.1, 0.15) is 24.8 Å². The summed E-state index contributed by atoms with van der Waals surface area (Å²) in [4.78, 5) is 21.8. The highest BCUT2D eigenvalue weighted by Crippen LogP contribution is 2.24. The van der Waals surface area contributed by atoms with Crippen molar-refractivity contribution >= 4 is 33.5 Å². The number of aryl methyl sites for hydroxylation is 1. The van der Waals surface area contributed by atoms with Crippen LogP contribution in [0.2, 0.25) is 0 Å². The molecule has 1 aromatic carbocycles. The van der Waals surface area contributed by atoms with Gasteiger partial charge in [0.2, 0.25) is 5.91 Å². The zero-order valence-corrected chi connectivity index (χ0v) is 11.4. The molecule has 0 fully saturated rings. The minimum atomic E-state index is -0.927.